The molecule has 1 unspecified atom stereocenters. The van der Waals surface area contributed by atoms with Crippen molar-refractivity contribution in [3.63, 3.8) is 0 Å². The Morgan fingerprint density at radius 2 is 1.78 bits per heavy atom. The van der Waals surface area contributed by atoms with E-state index in [0.717, 1.165) is 19.3 Å². The highest BCUT2D eigenvalue weighted by molar-refractivity contribution is 7.94. The lowest BCUT2D eigenvalue weighted by atomic mass is 10.2. The summed E-state index contributed by atoms with van der Waals surface area (Å²) in [5.41, 5.74) is 0.527. The molecule has 1 aliphatic heterocycles. The Morgan fingerprint density at radius 3 is 2.38 bits per heavy atom. The summed E-state index contributed by atoms with van der Waals surface area (Å²) >= 11 is 0. The molecule has 1 atom stereocenters. The van der Waals surface area contributed by atoms with E-state index < -0.39 is 33.5 Å². The van der Waals surface area contributed by atoms with E-state index in [-0.39, 0.29) is 10.6 Å². The number of benzene rings is 1. The van der Waals surface area contributed by atoms with Crippen molar-refractivity contribution in [2.24, 2.45) is 4.36 Å². The Bertz CT molecular complexity index is 961. The Hall–Kier alpha value is -2.10. The summed E-state index contributed by atoms with van der Waals surface area (Å²) in [5, 5.41) is 0. The maximum absolute atomic E-state index is 13.5. The highest BCUT2D eigenvalue weighted by atomic mass is 32.2. The van der Waals surface area contributed by atoms with Crippen LogP contribution in [0.2, 0.25) is 0 Å². The average Bonchev–Trinajstić information content (AvgIpc) is 3.09. The number of anilines is 1. The summed E-state index contributed by atoms with van der Waals surface area (Å²) in [5.74, 6) is -2.47. The van der Waals surface area contributed by atoms with Crippen molar-refractivity contribution in [3.8, 4) is 0 Å². The van der Waals surface area contributed by atoms with Gasteiger partial charge in [0.05, 0.1) is 15.4 Å². The van der Waals surface area contributed by atoms with Crippen molar-refractivity contribution in [1.29, 1.82) is 0 Å². The number of unbranched alkanes of at least 4 members (excludes halogenated alkanes) is 4. The summed E-state index contributed by atoms with van der Waals surface area (Å²) in [6, 6.07) is 4.43. The van der Waals surface area contributed by atoms with Crippen molar-refractivity contribution in [3.05, 3.63) is 23.8 Å². The number of halogens is 3. The molecule has 0 aromatic heterocycles. The van der Waals surface area contributed by atoms with Crippen LogP contribution in [0, 0.1) is 0 Å². The van der Waals surface area contributed by atoms with Crippen LogP contribution >= 0.6 is 0 Å². The maximum atomic E-state index is 13.5. The molecule has 2 rings (SSSR count). The first kappa shape index (κ1) is 26.2. The van der Waals surface area contributed by atoms with Gasteiger partial charge in [-0.25, -0.2) is 9.00 Å². The average molecular weight is 477 g/mol. The van der Waals surface area contributed by atoms with Gasteiger partial charge in [-0.2, -0.15) is 13.2 Å². The van der Waals surface area contributed by atoms with Gasteiger partial charge in [0.15, 0.2) is 0 Å². The third-order valence-electron chi connectivity index (χ3n) is 4.93. The SMILES string of the molecule is CCCCCCCS(=O)(=NC(=O)C(F)(F)F)c1ccc2c(c1)CCN2C(=O)OC(C)(C)C. The van der Waals surface area contributed by atoms with Crippen LogP contribution in [0.25, 0.3) is 0 Å². The lowest BCUT2D eigenvalue weighted by molar-refractivity contribution is -0.169. The zero-order valence-corrected chi connectivity index (χ0v) is 19.8. The summed E-state index contributed by atoms with van der Waals surface area (Å²) in [4.78, 5) is 25.5. The first-order chi connectivity index (χ1) is 14.8. The lowest BCUT2D eigenvalue weighted by Gasteiger charge is -2.24. The molecule has 0 N–H and O–H groups in total. The van der Waals surface area contributed by atoms with Gasteiger partial charge in [0.25, 0.3) is 0 Å². The zero-order chi connectivity index (χ0) is 24.2. The predicted molar refractivity (Wildman–Crippen MR) is 117 cm³/mol. The van der Waals surface area contributed by atoms with Crippen molar-refractivity contribution in [1.82, 2.24) is 0 Å². The number of fused-ring (bicyclic) bond motifs is 1. The van der Waals surface area contributed by atoms with E-state index in [9.17, 15) is 27.0 Å². The Morgan fingerprint density at radius 1 is 1.12 bits per heavy atom. The van der Waals surface area contributed by atoms with Crippen LogP contribution in [0.1, 0.15) is 65.4 Å². The van der Waals surface area contributed by atoms with Gasteiger partial charge in [0.2, 0.25) is 0 Å². The molecule has 1 heterocycles. The molecule has 10 heteroatoms. The van der Waals surface area contributed by atoms with E-state index in [1.54, 1.807) is 20.8 Å². The van der Waals surface area contributed by atoms with Crippen LogP contribution < -0.4 is 4.90 Å². The zero-order valence-electron chi connectivity index (χ0n) is 19.0. The number of carbonyl (C=O) groups excluding carboxylic acids is 2. The monoisotopic (exact) mass is 476 g/mol. The smallest absolute Gasteiger partial charge is 0.443 e. The van der Waals surface area contributed by atoms with E-state index in [1.807, 2.05) is 6.92 Å². The molecular formula is C22H31F3N2O4S. The molecule has 0 radical (unpaired) electrons. The van der Waals surface area contributed by atoms with Crippen LogP contribution in [0.5, 0.6) is 0 Å². The molecule has 0 aliphatic carbocycles. The van der Waals surface area contributed by atoms with E-state index >= 15 is 0 Å². The first-order valence-electron chi connectivity index (χ1n) is 10.8. The van der Waals surface area contributed by atoms with Crippen molar-refractivity contribution < 1.29 is 31.7 Å². The minimum atomic E-state index is -5.19. The third kappa shape index (κ3) is 6.95. The maximum Gasteiger partial charge on any atom is 0.474 e. The Kier molecular flexibility index (Phi) is 8.36. The molecule has 1 aliphatic rings. The van der Waals surface area contributed by atoms with Gasteiger partial charge < -0.3 is 4.74 Å². The molecule has 0 spiro atoms. The number of carbonyl (C=O) groups is 2. The minimum Gasteiger partial charge on any atom is -0.443 e. The second-order valence-electron chi connectivity index (χ2n) is 8.83. The molecule has 180 valence electrons. The molecule has 0 fully saturated rings. The number of ether oxygens (including phenoxy) is 1. The minimum absolute atomic E-state index is 0.0791. The predicted octanol–water partition coefficient (Wildman–Crippen LogP) is 5.87. The molecule has 0 saturated heterocycles. The number of nitrogens with zero attached hydrogens (tertiary/aromatic N) is 2. The number of alkyl halides is 3. The highest BCUT2D eigenvalue weighted by Gasteiger charge is 2.40. The molecule has 1 aromatic carbocycles. The van der Waals surface area contributed by atoms with Crippen LogP contribution in [0.3, 0.4) is 0 Å². The van der Waals surface area contributed by atoms with Gasteiger partial charge in [0.1, 0.15) is 5.60 Å². The van der Waals surface area contributed by atoms with Crippen molar-refractivity contribution in [2.75, 3.05) is 17.2 Å². The van der Waals surface area contributed by atoms with Crippen LogP contribution in [0.4, 0.5) is 23.7 Å². The highest BCUT2D eigenvalue weighted by Crippen LogP contribution is 2.33. The molecule has 0 saturated carbocycles. The standard InChI is InChI=1S/C22H31F3N2O4S/c1-5-6-7-8-9-14-32(30,26-19(28)22(23,24)25)17-10-11-18-16(15-17)12-13-27(18)20(29)31-21(2,3)4/h10-11,15H,5-9,12-14H2,1-4H3. The molecule has 32 heavy (non-hydrogen) atoms. The largest absolute Gasteiger partial charge is 0.474 e. The summed E-state index contributed by atoms with van der Waals surface area (Å²) < 4.78 is 60.6. The van der Waals surface area contributed by atoms with Crippen molar-refractivity contribution in [2.45, 2.75) is 82.9 Å². The quantitative estimate of drug-likeness (QED) is 0.461. The molecular weight excluding hydrogens is 445 g/mol. The van der Waals surface area contributed by atoms with E-state index in [4.69, 9.17) is 4.74 Å². The third-order valence-corrected chi connectivity index (χ3v) is 7.22. The van der Waals surface area contributed by atoms with Gasteiger partial charge in [0, 0.05) is 17.2 Å². The van der Waals surface area contributed by atoms with Crippen LogP contribution in [0.15, 0.2) is 27.5 Å². The van der Waals surface area contributed by atoms with Gasteiger partial charge in [-0.05, 0) is 57.4 Å². The fourth-order valence-electron chi connectivity index (χ4n) is 3.39. The summed E-state index contributed by atoms with van der Waals surface area (Å²) in [6.45, 7) is 7.62. The molecule has 2 amide bonds. The normalized spacial score (nSPS) is 15.8. The second-order valence-corrected chi connectivity index (χ2v) is 11.2. The topological polar surface area (TPSA) is 76.0 Å². The number of rotatable bonds is 7. The summed E-state index contributed by atoms with van der Waals surface area (Å²) in [6.07, 6.45) is -1.36. The van der Waals surface area contributed by atoms with E-state index in [0.29, 0.717) is 37.1 Å². The number of hydrogen-bond acceptors (Lipinski definition) is 4. The fraction of sp³-hybridized carbons (Fsp3) is 0.636. The fourth-order valence-corrected chi connectivity index (χ4v) is 5.39. The van der Waals surface area contributed by atoms with Crippen LogP contribution in [-0.2, 0) is 25.7 Å². The van der Waals surface area contributed by atoms with Gasteiger partial charge in [-0.15, -0.1) is 4.36 Å². The van der Waals surface area contributed by atoms with Crippen molar-refractivity contribution >= 4 is 27.4 Å². The summed E-state index contributed by atoms with van der Waals surface area (Å²) in [7, 11) is -3.60. The number of amides is 2. The second kappa shape index (κ2) is 10.2. The Balaban J connectivity index is 2.35. The lowest BCUT2D eigenvalue weighted by Crippen LogP contribution is -2.35. The van der Waals surface area contributed by atoms with Gasteiger partial charge >= 0.3 is 18.2 Å². The van der Waals surface area contributed by atoms with Gasteiger partial charge in [-0.1, -0.05) is 32.6 Å². The van der Waals surface area contributed by atoms with Crippen LogP contribution in [-0.4, -0.2) is 40.3 Å². The van der Waals surface area contributed by atoms with Gasteiger partial charge in [-0.3, -0.25) is 9.69 Å². The van der Waals surface area contributed by atoms with E-state index in [2.05, 4.69) is 4.36 Å². The van der Waals surface area contributed by atoms with E-state index in [1.165, 1.54) is 23.1 Å². The number of hydrogen-bond donors (Lipinski definition) is 0. The Labute approximate surface area is 187 Å². The molecule has 6 nitrogen and oxygen atoms in total. The molecule has 0 bridgehead atoms. The first-order valence-corrected chi connectivity index (χ1v) is 12.4. The molecule has 1 aromatic rings.